The van der Waals surface area contributed by atoms with Gasteiger partial charge in [0.1, 0.15) is 17.5 Å². The molecule has 0 aromatic heterocycles. The number of nitrogens with zero attached hydrogens (tertiary/aromatic N) is 2. The lowest BCUT2D eigenvalue weighted by Crippen LogP contribution is -2.34. The van der Waals surface area contributed by atoms with Gasteiger partial charge in [-0.05, 0) is 77.9 Å². The standard InChI is InChI=1S/C30H25F3N2O3/c31-23-12-8-19(9-13-23)16-22-5-3-6-25-29(22)34-35(30(25)20-10-14-24(32)15-11-20)27(36)18-38-28(37)17-21-4-1-2-7-26(21)33/h1-2,4,7-16,25,30H,3,5-6,17-18H2. The SMILES string of the molecule is O=C(Cc1ccccc1F)OCC(=O)N1N=C2C(=Cc3ccc(F)cc3)CCCC2C1c1ccc(F)cc1. The average molecular weight is 519 g/mol. The Bertz CT molecular complexity index is 1400. The van der Waals surface area contributed by atoms with Crippen molar-refractivity contribution in [2.24, 2.45) is 11.0 Å². The molecule has 38 heavy (non-hydrogen) atoms. The van der Waals surface area contributed by atoms with Crippen molar-refractivity contribution in [3.8, 4) is 0 Å². The number of hydrogen-bond donors (Lipinski definition) is 0. The fourth-order valence-electron chi connectivity index (χ4n) is 5.02. The van der Waals surface area contributed by atoms with Gasteiger partial charge in [-0.3, -0.25) is 9.59 Å². The van der Waals surface area contributed by atoms with Gasteiger partial charge >= 0.3 is 5.97 Å². The fraction of sp³-hybridized carbons (Fsp3) is 0.233. The van der Waals surface area contributed by atoms with Gasteiger partial charge in [0.25, 0.3) is 5.91 Å². The summed E-state index contributed by atoms with van der Waals surface area (Å²) in [5.74, 6) is -2.66. The molecule has 1 aliphatic carbocycles. The van der Waals surface area contributed by atoms with Crippen LogP contribution in [0.2, 0.25) is 0 Å². The van der Waals surface area contributed by atoms with Gasteiger partial charge in [0.15, 0.2) is 6.61 Å². The highest BCUT2D eigenvalue weighted by Gasteiger charge is 2.43. The molecule has 1 heterocycles. The number of halogens is 3. The number of esters is 1. The molecule has 2 aliphatic rings. The molecule has 1 amide bonds. The van der Waals surface area contributed by atoms with Crippen molar-refractivity contribution in [2.75, 3.05) is 6.61 Å². The summed E-state index contributed by atoms with van der Waals surface area (Å²) in [6.07, 6.45) is 3.99. The maximum absolute atomic E-state index is 13.9. The summed E-state index contributed by atoms with van der Waals surface area (Å²) >= 11 is 0. The van der Waals surface area contributed by atoms with Gasteiger partial charge in [-0.25, -0.2) is 18.2 Å². The monoisotopic (exact) mass is 518 g/mol. The van der Waals surface area contributed by atoms with Crippen LogP contribution in [0.15, 0.2) is 83.5 Å². The topological polar surface area (TPSA) is 59.0 Å². The third kappa shape index (κ3) is 5.54. The molecule has 3 aromatic rings. The molecule has 0 N–H and O–H groups in total. The van der Waals surface area contributed by atoms with E-state index in [1.165, 1.54) is 47.5 Å². The molecule has 5 nitrogen and oxygen atoms in total. The third-order valence-corrected chi connectivity index (χ3v) is 6.83. The van der Waals surface area contributed by atoms with E-state index in [0.29, 0.717) is 5.56 Å². The lowest BCUT2D eigenvalue weighted by molar-refractivity contribution is -0.152. The Balaban J connectivity index is 1.39. The molecule has 0 radical (unpaired) electrons. The van der Waals surface area contributed by atoms with Crippen molar-refractivity contribution in [2.45, 2.75) is 31.7 Å². The maximum atomic E-state index is 13.9. The Morgan fingerprint density at radius 1 is 0.947 bits per heavy atom. The van der Waals surface area contributed by atoms with Crippen molar-refractivity contribution in [1.29, 1.82) is 0 Å². The third-order valence-electron chi connectivity index (χ3n) is 6.83. The first-order valence-electron chi connectivity index (χ1n) is 12.4. The summed E-state index contributed by atoms with van der Waals surface area (Å²) in [4.78, 5) is 25.6. The van der Waals surface area contributed by atoms with Crippen LogP contribution in [-0.2, 0) is 20.7 Å². The predicted molar refractivity (Wildman–Crippen MR) is 136 cm³/mol. The predicted octanol–water partition coefficient (Wildman–Crippen LogP) is 6.01. The molecular formula is C30H25F3N2O3. The molecule has 1 saturated carbocycles. The number of allylic oxidation sites excluding steroid dienone is 1. The van der Waals surface area contributed by atoms with Gasteiger partial charge < -0.3 is 4.74 Å². The molecule has 1 aliphatic heterocycles. The molecule has 2 atom stereocenters. The Kier molecular flexibility index (Phi) is 7.40. The summed E-state index contributed by atoms with van der Waals surface area (Å²) < 4.78 is 46.2. The minimum absolute atomic E-state index is 0.140. The zero-order chi connectivity index (χ0) is 26.6. The molecule has 5 rings (SSSR count). The van der Waals surface area contributed by atoms with E-state index < -0.39 is 36.2 Å². The van der Waals surface area contributed by atoms with Crippen molar-refractivity contribution >= 4 is 23.7 Å². The number of carbonyl (C=O) groups is 2. The molecule has 0 saturated heterocycles. The number of amides is 1. The molecule has 1 fully saturated rings. The highest BCUT2D eigenvalue weighted by Crippen LogP contribution is 2.44. The lowest BCUT2D eigenvalue weighted by atomic mass is 9.77. The highest BCUT2D eigenvalue weighted by atomic mass is 19.1. The van der Waals surface area contributed by atoms with Gasteiger partial charge in [0, 0.05) is 5.92 Å². The Labute approximate surface area is 218 Å². The van der Waals surface area contributed by atoms with Crippen LogP contribution in [0, 0.1) is 23.4 Å². The summed E-state index contributed by atoms with van der Waals surface area (Å²) in [7, 11) is 0. The summed E-state index contributed by atoms with van der Waals surface area (Å²) in [5, 5.41) is 5.99. The van der Waals surface area contributed by atoms with Crippen molar-refractivity contribution in [1.82, 2.24) is 5.01 Å². The second-order valence-corrected chi connectivity index (χ2v) is 9.37. The quantitative estimate of drug-likeness (QED) is 0.376. The van der Waals surface area contributed by atoms with Crippen LogP contribution in [0.1, 0.15) is 42.0 Å². The van der Waals surface area contributed by atoms with Gasteiger partial charge in [-0.1, -0.05) is 42.5 Å². The molecule has 194 valence electrons. The smallest absolute Gasteiger partial charge is 0.310 e. The van der Waals surface area contributed by atoms with Crippen LogP contribution in [0.5, 0.6) is 0 Å². The van der Waals surface area contributed by atoms with Crippen molar-refractivity contribution < 1.29 is 27.5 Å². The first-order chi connectivity index (χ1) is 18.4. The van der Waals surface area contributed by atoms with Crippen LogP contribution < -0.4 is 0 Å². The summed E-state index contributed by atoms with van der Waals surface area (Å²) in [6.45, 7) is -0.564. The van der Waals surface area contributed by atoms with Gasteiger partial charge in [0.05, 0.1) is 18.2 Å². The first kappa shape index (κ1) is 25.4. The van der Waals surface area contributed by atoms with Crippen molar-refractivity contribution in [3.05, 3.63) is 113 Å². The van der Waals surface area contributed by atoms with Crippen LogP contribution in [0.4, 0.5) is 13.2 Å². The van der Waals surface area contributed by atoms with Gasteiger partial charge in [0.2, 0.25) is 0 Å². The Morgan fingerprint density at radius 3 is 2.34 bits per heavy atom. The maximum Gasteiger partial charge on any atom is 0.310 e. The Hall–Kier alpha value is -4.20. The first-order valence-corrected chi connectivity index (χ1v) is 12.4. The average Bonchev–Trinajstić information content (AvgIpc) is 3.31. The van der Waals surface area contributed by atoms with E-state index in [2.05, 4.69) is 5.10 Å². The number of rotatable bonds is 6. The number of hydrogen-bond acceptors (Lipinski definition) is 4. The number of hydrazone groups is 1. The fourth-order valence-corrected chi connectivity index (χ4v) is 5.02. The van der Waals surface area contributed by atoms with E-state index >= 15 is 0 Å². The second kappa shape index (κ2) is 11.0. The lowest BCUT2D eigenvalue weighted by Gasteiger charge is -2.29. The van der Waals surface area contributed by atoms with E-state index in [9.17, 15) is 22.8 Å². The number of carbonyl (C=O) groups excluding carboxylic acids is 2. The minimum atomic E-state index is -0.733. The molecule has 2 unspecified atom stereocenters. The highest BCUT2D eigenvalue weighted by molar-refractivity contribution is 6.08. The van der Waals surface area contributed by atoms with E-state index in [1.807, 2.05) is 6.08 Å². The largest absolute Gasteiger partial charge is 0.455 e. The van der Waals surface area contributed by atoms with E-state index in [-0.39, 0.29) is 23.7 Å². The van der Waals surface area contributed by atoms with E-state index in [0.717, 1.165) is 36.1 Å². The minimum Gasteiger partial charge on any atom is -0.455 e. The second-order valence-electron chi connectivity index (χ2n) is 9.37. The summed E-state index contributed by atoms with van der Waals surface area (Å²) in [6, 6.07) is 17.4. The van der Waals surface area contributed by atoms with Crippen LogP contribution in [0.25, 0.3) is 6.08 Å². The Morgan fingerprint density at radius 2 is 1.63 bits per heavy atom. The van der Waals surface area contributed by atoms with Crippen LogP contribution >= 0.6 is 0 Å². The summed E-state index contributed by atoms with van der Waals surface area (Å²) in [5.41, 5.74) is 3.38. The number of ether oxygens (including phenoxy) is 1. The van der Waals surface area contributed by atoms with Crippen LogP contribution in [0.3, 0.4) is 0 Å². The van der Waals surface area contributed by atoms with Gasteiger partial charge in [-0.15, -0.1) is 0 Å². The molecule has 3 aromatic carbocycles. The van der Waals surface area contributed by atoms with Gasteiger partial charge in [-0.2, -0.15) is 5.10 Å². The zero-order valence-electron chi connectivity index (χ0n) is 20.4. The van der Waals surface area contributed by atoms with E-state index in [1.54, 1.807) is 30.3 Å². The number of benzene rings is 3. The normalized spacial score (nSPS) is 19.7. The molecular weight excluding hydrogens is 493 g/mol. The van der Waals surface area contributed by atoms with Crippen LogP contribution in [-0.4, -0.2) is 29.2 Å². The van der Waals surface area contributed by atoms with E-state index in [4.69, 9.17) is 4.74 Å². The zero-order valence-corrected chi connectivity index (χ0v) is 20.4. The molecule has 0 spiro atoms. The van der Waals surface area contributed by atoms with Crippen molar-refractivity contribution in [3.63, 3.8) is 0 Å². The molecule has 0 bridgehead atoms. The number of fused-ring (bicyclic) bond motifs is 1. The molecule has 8 heteroatoms.